The molecule has 0 fully saturated rings. The van der Waals surface area contributed by atoms with E-state index in [0.717, 1.165) is 12.1 Å². The third kappa shape index (κ3) is 4.36. The van der Waals surface area contributed by atoms with Gasteiger partial charge in [0.25, 0.3) is 0 Å². The third-order valence-electron chi connectivity index (χ3n) is 3.54. The van der Waals surface area contributed by atoms with E-state index < -0.39 is 41.3 Å². The van der Waals surface area contributed by atoms with E-state index in [2.05, 4.69) is 13.2 Å². The smallest absolute Gasteiger partial charge is 0.416 e. The van der Waals surface area contributed by atoms with Crippen LogP contribution in [-0.2, 0) is 4.74 Å². The standard InChI is InChI=1S/C18H14F5NO3.H2/c1-4-6-11(5-2)26-17(25)24-16(18(21,22)23)14-9(3)12-7-10(19)8-13(20)15(12)27-14;/h4-8,16H,1-2H2,3H3,(H,24,25);1H/b11-6+;/t16-;/m0./s1. The number of alkyl carbamates (subject to hydrolysis) is 1. The lowest BCUT2D eigenvalue weighted by Gasteiger charge is -2.20. The van der Waals surface area contributed by atoms with Gasteiger partial charge in [-0.25, -0.2) is 13.6 Å². The largest absolute Gasteiger partial charge is 0.455 e. The molecule has 2 rings (SSSR count). The highest BCUT2D eigenvalue weighted by atomic mass is 19.4. The number of rotatable bonds is 5. The van der Waals surface area contributed by atoms with Crippen LogP contribution in [0.4, 0.5) is 26.7 Å². The molecule has 1 amide bonds. The van der Waals surface area contributed by atoms with Crippen molar-refractivity contribution in [3.05, 3.63) is 72.2 Å². The molecule has 0 unspecified atom stereocenters. The molecule has 1 aromatic heterocycles. The maximum absolute atomic E-state index is 13.8. The second kappa shape index (κ2) is 7.65. The van der Waals surface area contributed by atoms with E-state index in [9.17, 15) is 26.7 Å². The molecule has 1 aromatic carbocycles. The summed E-state index contributed by atoms with van der Waals surface area (Å²) in [4.78, 5) is 11.8. The van der Waals surface area contributed by atoms with Crippen LogP contribution in [0.2, 0.25) is 0 Å². The highest BCUT2D eigenvalue weighted by Crippen LogP contribution is 2.39. The molecule has 0 saturated carbocycles. The summed E-state index contributed by atoms with van der Waals surface area (Å²) in [6, 6.07) is -1.32. The Morgan fingerprint density at radius 2 is 2.00 bits per heavy atom. The zero-order valence-electron chi connectivity index (χ0n) is 14.0. The Hall–Kier alpha value is -3.10. The van der Waals surface area contributed by atoms with Crippen molar-refractivity contribution in [2.75, 3.05) is 0 Å². The Labute approximate surface area is 152 Å². The van der Waals surface area contributed by atoms with Gasteiger partial charge >= 0.3 is 12.3 Å². The minimum absolute atomic E-state index is 0. The summed E-state index contributed by atoms with van der Waals surface area (Å²) in [5, 5.41) is 1.44. The van der Waals surface area contributed by atoms with Gasteiger partial charge in [-0.15, -0.1) is 0 Å². The van der Waals surface area contributed by atoms with Crippen molar-refractivity contribution >= 4 is 17.1 Å². The van der Waals surface area contributed by atoms with Gasteiger partial charge in [-0.1, -0.05) is 19.2 Å². The summed E-state index contributed by atoms with van der Waals surface area (Å²) < 4.78 is 77.3. The predicted molar refractivity (Wildman–Crippen MR) is 89.9 cm³/mol. The van der Waals surface area contributed by atoms with E-state index in [1.807, 2.05) is 0 Å². The number of aryl methyl sites for hydroxylation is 1. The fraction of sp³-hybridized carbons (Fsp3) is 0.167. The lowest BCUT2D eigenvalue weighted by Crippen LogP contribution is -2.38. The number of benzene rings is 1. The number of allylic oxidation sites excluding steroid dienone is 3. The van der Waals surface area contributed by atoms with Crippen molar-refractivity contribution in [1.29, 1.82) is 0 Å². The maximum Gasteiger partial charge on any atom is 0.416 e. The number of halogens is 5. The molecule has 0 bridgehead atoms. The molecule has 1 atom stereocenters. The van der Waals surface area contributed by atoms with Crippen LogP contribution in [-0.4, -0.2) is 12.3 Å². The van der Waals surface area contributed by atoms with Gasteiger partial charge in [0.2, 0.25) is 0 Å². The number of ether oxygens (including phenoxy) is 1. The second-order valence-corrected chi connectivity index (χ2v) is 5.37. The molecule has 0 radical (unpaired) electrons. The summed E-state index contributed by atoms with van der Waals surface area (Å²) in [7, 11) is 0. The minimum Gasteiger partial charge on any atom is -0.455 e. The van der Waals surface area contributed by atoms with Crippen LogP contribution in [0.3, 0.4) is 0 Å². The van der Waals surface area contributed by atoms with Crippen molar-refractivity contribution in [3.8, 4) is 0 Å². The number of hydrogen-bond acceptors (Lipinski definition) is 3. The second-order valence-electron chi connectivity index (χ2n) is 5.37. The van der Waals surface area contributed by atoms with E-state index in [1.165, 1.54) is 19.1 Å². The number of nitrogens with one attached hydrogen (secondary N) is 1. The summed E-state index contributed by atoms with van der Waals surface area (Å²) in [6.45, 7) is 7.89. The zero-order valence-corrected chi connectivity index (χ0v) is 14.0. The quantitative estimate of drug-likeness (QED) is 0.396. The molecule has 0 aliphatic carbocycles. The van der Waals surface area contributed by atoms with Crippen LogP contribution in [0.15, 0.2) is 53.7 Å². The molecule has 4 nitrogen and oxygen atoms in total. The highest BCUT2D eigenvalue weighted by Gasteiger charge is 2.46. The van der Waals surface area contributed by atoms with Gasteiger partial charge in [-0.2, -0.15) is 13.2 Å². The third-order valence-corrected chi connectivity index (χ3v) is 3.54. The van der Waals surface area contributed by atoms with Crippen molar-refractivity contribution in [2.45, 2.75) is 19.1 Å². The molecular formula is C18H16F5NO3. The Bertz CT molecular complexity index is 933. The minimum atomic E-state index is -5.00. The number of fused-ring (bicyclic) bond motifs is 1. The number of furan rings is 1. The molecule has 2 aromatic rings. The number of hydrogen-bond donors (Lipinski definition) is 1. The predicted octanol–water partition coefficient (Wildman–Crippen LogP) is 5.85. The Morgan fingerprint density at radius 3 is 2.56 bits per heavy atom. The van der Waals surface area contributed by atoms with Gasteiger partial charge in [0.05, 0.1) is 0 Å². The average Bonchev–Trinajstić information content (AvgIpc) is 2.88. The molecule has 1 heterocycles. The molecule has 27 heavy (non-hydrogen) atoms. The van der Waals surface area contributed by atoms with Crippen LogP contribution in [0.1, 0.15) is 18.8 Å². The molecule has 0 spiro atoms. The zero-order chi connectivity index (χ0) is 20.4. The van der Waals surface area contributed by atoms with Crippen molar-refractivity contribution in [1.82, 2.24) is 5.32 Å². The van der Waals surface area contributed by atoms with Gasteiger partial charge in [-0.05, 0) is 25.1 Å². The summed E-state index contributed by atoms with van der Waals surface area (Å²) >= 11 is 0. The lowest BCUT2D eigenvalue weighted by molar-refractivity contribution is -0.159. The van der Waals surface area contributed by atoms with E-state index in [-0.39, 0.29) is 18.1 Å². The molecule has 9 heteroatoms. The first-order valence-electron chi connectivity index (χ1n) is 7.46. The Balaban J connectivity index is 0.00000392. The monoisotopic (exact) mass is 389 g/mol. The number of carbonyl (C=O) groups is 1. The number of amides is 1. The van der Waals surface area contributed by atoms with Crippen molar-refractivity contribution in [2.24, 2.45) is 0 Å². The van der Waals surface area contributed by atoms with E-state index >= 15 is 0 Å². The molecule has 146 valence electrons. The van der Waals surface area contributed by atoms with Crippen LogP contribution in [0, 0.1) is 18.6 Å². The molecule has 0 aliphatic heterocycles. The van der Waals surface area contributed by atoms with Gasteiger partial charge in [0.1, 0.15) is 17.3 Å². The normalized spacial score (nSPS) is 13.3. The van der Waals surface area contributed by atoms with Gasteiger partial charge in [0.15, 0.2) is 17.4 Å². The first-order chi connectivity index (χ1) is 12.6. The van der Waals surface area contributed by atoms with Gasteiger partial charge < -0.3 is 14.5 Å². The van der Waals surface area contributed by atoms with Crippen LogP contribution in [0.25, 0.3) is 11.0 Å². The topological polar surface area (TPSA) is 51.5 Å². The van der Waals surface area contributed by atoms with Crippen molar-refractivity contribution < 1.29 is 37.3 Å². The van der Waals surface area contributed by atoms with Crippen LogP contribution < -0.4 is 5.32 Å². The average molecular weight is 389 g/mol. The van der Waals surface area contributed by atoms with Gasteiger partial charge in [0, 0.05) is 18.4 Å². The van der Waals surface area contributed by atoms with Gasteiger partial charge in [-0.3, -0.25) is 0 Å². The molecular weight excluding hydrogens is 373 g/mol. The van der Waals surface area contributed by atoms with Crippen LogP contribution in [0.5, 0.6) is 0 Å². The Kier molecular flexibility index (Phi) is 5.72. The Morgan fingerprint density at radius 1 is 1.33 bits per heavy atom. The summed E-state index contributed by atoms with van der Waals surface area (Å²) in [5.41, 5.74) is -0.719. The maximum atomic E-state index is 13.8. The van der Waals surface area contributed by atoms with E-state index in [0.29, 0.717) is 6.07 Å². The fourth-order valence-corrected chi connectivity index (χ4v) is 2.35. The van der Waals surface area contributed by atoms with Crippen molar-refractivity contribution in [3.63, 3.8) is 0 Å². The summed E-state index contributed by atoms with van der Waals surface area (Å²) in [5.74, 6) is -3.06. The van der Waals surface area contributed by atoms with Crippen LogP contribution >= 0.6 is 0 Å². The first-order valence-corrected chi connectivity index (χ1v) is 7.46. The number of alkyl halides is 3. The SMILES string of the molecule is C=C/C=C(\C=C)OC(=O)N[C@@H](c1oc2c(F)cc(F)cc2c1C)C(F)(F)F.[HH]. The van der Waals surface area contributed by atoms with E-state index in [4.69, 9.17) is 9.15 Å². The lowest BCUT2D eigenvalue weighted by atomic mass is 10.1. The molecule has 0 aliphatic rings. The molecule has 1 N–H and O–H groups in total. The molecule has 0 saturated heterocycles. The fourth-order valence-electron chi connectivity index (χ4n) is 2.35. The van der Waals surface area contributed by atoms with E-state index in [1.54, 1.807) is 5.32 Å². The first kappa shape index (κ1) is 20.2. The summed E-state index contributed by atoms with van der Waals surface area (Å²) in [6.07, 6.45) is -2.90. The highest BCUT2D eigenvalue weighted by molar-refractivity contribution is 5.83. The number of carbonyl (C=O) groups excluding carboxylic acids is 1.